The van der Waals surface area contributed by atoms with Gasteiger partial charge in [-0.15, -0.1) is 0 Å². The third-order valence-electron chi connectivity index (χ3n) is 5.10. The molecule has 2 heterocycles. The van der Waals surface area contributed by atoms with Crippen LogP contribution in [0.3, 0.4) is 0 Å². The maximum absolute atomic E-state index is 2.54. The summed E-state index contributed by atoms with van der Waals surface area (Å²) < 4.78 is 0. The number of hydrogen-bond donors (Lipinski definition) is 0. The highest BCUT2D eigenvalue weighted by atomic mass is 15.4. The third kappa shape index (κ3) is 1.97. The summed E-state index contributed by atoms with van der Waals surface area (Å²) in [5, 5.41) is 0. The summed E-state index contributed by atoms with van der Waals surface area (Å²) in [5.41, 5.74) is 5.04. The van der Waals surface area contributed by atoms with Gasteiger partial charge in [-0.1, -0.05) is 32.9 Å². The quantitative estimate of drug-likeness (QED) is 0.763. The zero-order valence-corrected chi connectivity index (χ0v) is 13.0. The molecule has 2 aliphatic heterocycles. The average Bonchev–Trinajstić information content (AvgIpc) is 2.26. The molecule has 3 rings (SSSR count). The lowest BCUT2D eigenvalue weighted by Gasteiger charge is -2.62. The maximum atomic E-state index is 2.54. The van der Waals surface area contributed by atoms with E-state index in [4.69, 9.17) is 0 Å². The van der Waals surface area contributed by atoms with Gasteiger partial charge < -0.3 is 4.90 Å². The largest absolute Gasteiger partial charge is 0.367 e. The molecule has 2 aliphatic rings. The van der Waals surface area contributed by atoms with Crippen molar-refractivity contribution in [3.8, 4) is 0 Å². The summed E-state index contributed by atoms with van der Waals surface area (Å²) in [7, 11) is 2.26. The first-order valence-corrected chi connectivity index (χ1v) is 7.39. The second kappa shape index (κ2) is 3.99. The zero-order valence-electron chi connectivity index (χ0n) is 13.0. The number of likely N-dealkylation sites (tertiary alicyclic amines) is 1. The van der Waals surface area contributed by atoms with Crippen molar-refractivity contribution < 1.29 is 0 Å². The first kappa shape index (κ1) is 13.0. The molecule has 0 amide bonds. The average molecular weight is 258 g/mol. The van der Waals surface area contributed by atoms with Crippen molar-refractivity contribution in [2.45, 2.75) is 45.1 Å². The molecule has 0 aliphatic carbocycles. The van der Waals surface area contributed by atoms with Gasteiger partial charge in [0.2, 0.25) is 0 Å². The molecule has 2 fully saturated rings. The van der Waals surface area contributed by atoms with E-state index in [0.29, 0.717) is 5.54 Å². The molecular weight excluding hydrogens is 232 g/mol. The fourth-order valence-electron chi connectivity index (χ4n) is 3.36. The molecule has 0 radical (unpaired) electrons. The summed E-state index contributed by atoms with van der Waals surface area (Å²) in [6, 6.07) is 6.99. The normalized spacial score (nSPS) is 22.3. The molecule has 0 bridgehead atoms. The summed E-state index contributed by atoms with van der Waals surface area (Å²) >= 11 is 0. The molecule has 0 atom stereocenters. The Hall–Kier alpha value is -1.02. The minimum absolute atomic E-state index is 0.244. The number of aryl methyl sites for hydroxylation is 1. The Morgan fingerprint density at radius 2 is 1.84 bits per heavy atom. The van der Waals surface area contributed by atoms with Crippen LogP contribution in [0.5, 0.6) is 0 Å². The van der Waals surface area contributed by atoms with Crippen LogP contribution in [0.15, 0.2) is 18.2 Å². The van der Waals surface area contributed by atoms with Crippen molar-refractivity contribution in [1.82, 2.24) is 4.90 Å². The highest BCUT2D eigenvalue weighted by Crippen LogP contribution is 2.41. The first-order valence-electron chi connectivity index (χ1n) is 7.39. The van der Waals surface area contributed by atoms with E-state index in [9.17, 15) is 0 Å². The number of hydrogen-bond acceptors (Lipinski definition) is 2. The molecule has 0 saturated carbocycles. The summed E-state index contributed by atoms with van der Waals surface area (Å²) in [6.45, 7) is 12.8. The van der Waals surface area contributed by atoms with Crippen LogP contribution >= 0.6 is 0 Å². The van der Waals surface area contributed by atoms with Crippen molar-refractivity contribution in [1.29, 1.82) is 0 Å². The number of anilines is 1. The van der Waals surface area contributed by atoms with Crippen LogP contribution in [0.4, 0.5) is 5.69 Å². The molecular formula is C17H26N2. The summed E-state index contributed by atoms with van der Waals surface area (Å²) in [5.74, 6) is 0. The van der Waals surface area contributed by atoms with Gasteiger partial charge in [0.25, 0.3) is 0 Å². The van der Waals surface area contributed by atoms with Crippen molar-refractivity contribution in [2.24, 2.45) is 0 Å². The Morgan fingerprint density at radius 1 is 1.16 bits per heavy atom. The second-order valence-electron chi connectivity index (χ2n) is 7.50. The molecule has 0 N–H and O–H groups in total. The zero-order chi connectivity index (χ0) is 13.8. The van der Waals surface area contributed by atoms with E-state index >= 15 is 0 Å². The highest BCUT2D eigenvalue weighted by molar-refractivity contribution is 5.58. The second-order valence-corrected chi connectivity index (χ2v) is 7.50. The Bertz CT molecular complexity index is 492. The first-order chi connectivity index (χ1) is 8.82. The smallest absolute Gasteiger partial charge is 0.0569 e. The lowest BCUT2D eigenvalue weighted by atomic mass is 9.77. The highest BCUT2D eigenvalue weighted by Gasteiger charge is 2.51. The molecule has 1 spiro atoms. The van der Waals surface area contributed by atoms with Crippen molar-refractivity contribution in [2.75, 3.05) is 31.6 Å². The van der Waals surface area contributed by atoms with Crippen molar-refractivity contribution >= 4 is 5.69 Å². The predicted octanol–water partition coefficient (Wildman–Crippen LogP) is 3.19. The minimum atomic E-state index is 0.244. The SMILES string of the molecule is Cc1cc(C(C)(C)C)ccc1N1CC2(CCN2C)C1. The van der Waals surface area contributed by atoms with Gasteiger partial charge in [0.05, 0.1) is 5.54 Å². The molecule has 19 heavy (non-hydrogen) atoms. The standard InChI is InChI=1S/C17H26N2/c1-13-10-14(16(2,3)4)6-7-15(13)19-11-17(12-19)8-9-18(17)5/h6-7,10H,8-9,11-12H2,1-5H3. The molecule has 2 saturated heterocycles. The van der Waals surface area contributed by atoms with Gasteiger partial charge in [0.1, 0.15) is 0 Å². The van der Waals surface area contributed by atoms with Crippen LogP contribution in [0, 0.1) is 6.92 Å². The van der Waals surface area contributed by atoms with Gasteiger partial charge in [-0.3, -0.25) is 4.90 Å². The Morgan fingerprint density at radius 3 is 2.26 bits per heavy atom. The van der Waals surface area contributed by atoms with Crippen molar-refractivity contribution in [3.05, 3.63) is 29.3 Å². The third-order valence-corrected chi connectivity index (χ3v) is 5.10. The van der Waals surface area contributed by atoms with E-state index < -0.39 is 0 Å². The molecule has 0 aromatic heterocycles. The van der Waals surface area contributed by atoms with E-state index in [-0.39, 0.29) is 5.41 Å². The number of nitrogens with zero attached hydrogens (tertiary/aromatic N) is 2. The van der Waals surface area contributed by atoms with Crippen LogP contribution in [0.2, 0.25) is 0 Å². The van der Waals surface area contributed by atoms with Gasteiger partial charge in [-0.05, 0) is 43.0 Å². The molecule has 2 heteroatoms. The van der Waals surface area contributed by atoms with Gasteiger partial charge in [-0.25, -0.2) is 0 Å². The fourth-order valence-corrected chi connectivity index (χ4v) is 3.36. The van der Waals surface area contributed by atoms with E-state index in [0.717, 1.165) is 0 Å². The van der Waals surface area contributed by atoms with Crippen LogP contribution < -0.4 is 4.90 Å². The lowest BCUT2D eigenvalue weighted by Crippen LogP contribution is -2.76. The summed E-state index contributed by atoms with van der Waals surface area (Å²) in [4.78, 5) is 5.06. The monoisotopic (exact) mass is 258 g/mol. The fraction of sp³-hybridized carbons (Fsp3) is 0.647. The van der Waals surface area contributed by atoms with Crippen LogP contribution in [-0.2, 0) is 5.41 Å². The van der Waals surface area contributed by atoms with E-state index in [1.165, 1.54) is 42.9 Å². The molecule has 104 valence electrons. The maximum Gasteiger partial charge on any atom is 0.0569 e. The topological polar surface area (TPSA) is 6.48 Å². The molecule has 0 unspecified atom stereocenters. The Labute approximate surface area is 117 Å². The molecule has 1 aromatic carbocycles. The molecule has 2 nitrogen and oxygen atoms in total. The molecule has 1 aromatic rings. The van der Waals surface area contributed by atoms with Crippen LogP contribution in [0.1, 0.15) is 38.3 Å². The number of rotatable bonds is 1. The number of benzene rings is 1. The Balaban J connectivity index is 1.77. The Kier molecular flexibility index (Phi) is 2.72. The van der Waals surface area contributed by atoms with Crippen molar-refractivity contribution in [3.63, 3.8) is 0 Å². The summed E-state index contributed by atoms with van der Waals surface area (Å²) in [6.07, 6.45) is 1.37. The van der Waals surface area contributed by atoms with Gasteiger partial charge >= 0.3 is 0 Å². The minimum Gasteiger partial charge on any atom is -0.367 e. The lowest BCUT2D eigenvalue weighted by molar-refractivity contribution is -0.0128. The van der Waals surface area contributed by atoms with E-state index in [1.54, 1.807) is 0 Å². The van der Waals surface area contributed by atoms with E-state index in [1.807, 2.05) is 0 Å². The van der Waals surface area contributed by atoms with Crippen LogP contribution in [-0.4, -0.2) is 37.1 Å². The predicted molar refractivity (Wildman–Crippen MR) is 82.1 cm³/mol. The van der Waals surface area contributed by atoms with Gasteiger partial charge in [0.15, 0.2) is 0 Å². The number of likely N-dealkylation sites (N-methyl/N-ethyl adjacent to an activating group) is 1. The van der Waals surface area contributed by atoms with E-state index in [2.05, 4.69) is 62.7 Å². The van der Waals surface area contributed by atoms with Crippen LogP contribution in [0.25, 0.3) is 0 Å². The van der Waals surface area contributed by atoms with Gasteiger partial charge in [0, 0.05) is 25.3 Å². The van der Waals surface area contributed by atoms with Gasteiger partial charge in [-0.2, -0.15) is 0 Å².